The fraction of sp³-hybridized carbons (Fsp3) is 0.333. The van der Waals surface area contributed by atoms with Gasteiger partial charge in [0.2, 0.25) is 0 Å². The molecule has 0 saturated carbocycles. The van der Waals surface area contributed by atoms with Crippen molar-refractivity contribution in [1.29, 1.82) is 0 Å². The minimum Gasteiger partial charge on any atom is -0.330 e. The zero-order valence-electron chi connectivity index (χ0n) is 13.2. The Morgan fingerprint density at radius 3 is 2.57 bits per heavy atom. The summed E-state index contributed by atoms with van der Waals surface area (Å²) in [7, 11) is 0. The molecule has 0 aliphatic carbocycles. The van der Waals surface area contributed by atoms with Crippen molar-refractivity contribution in [2.24, 2.45) is 5.73 Å². The normalized spacial score (nSPS) is 21.0. The maximum Gasteiger partial charge on any atom is 0.325 e. The zero-order valence-corrected chi connectivity index (χ0v) is 13.2. The van der Waals surface area contributed by atoms with Crippen LogP contribution >= 0.6 is 0 Å². The first-order valence-electron chi connectivity index (χ1n) is 7.90. The third-order valence-electron chi connectivity index (χ3n) is 4.44. The first kappa shape index (κ1) is 15.5. The Kier molecular flexibility index (Phi) is 4.05. The average molecular weight is 311 g/mol. The second kappa shape index (κ2) is 6.01. The van der Waals surface area contributed by atoms with E-state index >= 15 is 0 Å². The number of amides is 3. The van der Waals surface area contributed by atoms with Gasteiger partial charge in [0.05, 0.1) is 0 Å². The van der Waals surface area contributed by atoms with Gasteiger partial charge in [-0.15, -0.1) is 0 Å². The number of hydrogen-bond donors (Lipinski definition) is 2. The van der Waals surface area contributed by atoms with Crippen LogP contribution in [-0.4, -0.2) is 29.9 Å². The Hall–Kier alpha value is -2.40. The number of nitrogens with zero attached hydrogens (tertiary/aromatic N) is 1. The maximum absolute atomic E-state index is 12.8. The van der Waals surface area contributed by atoms with Crippen molar-refractivity contribution in [2.45, 2.75) is 25.3 Å². The van der Waals surface area contributed by atoms with Crippen LogP contribution in [0.4, 0.5) is 4.79 Å². The summed E-state index contributed by atoms with van der Waals surface area (Å²) in [5.74, 6) is -0.199. The molecule has 0 bridgehead atoms. The lowest BCUT2D eigenvalue weighted by molar-refractivity contribution is -0.131. The molecule has 3 amide bonds. The van der Waals surface area contributed by atoms with E-state index in [9.17, 15) is 9.59 Å². The Balaban J connectivity index is 1.90. The lowest BCUT2D eigenvalue weighted by Crippen LogP contribution is -2.41. The molecule has 2 aromatic rings. The summed E-state index contributed by atoms with van der Waals surface area (Å²) in [6.45, 7) is 2.73. The number of rotatable bonds is 5. The van der Waals surface area contributed by atoms with E-state index in [1.54, 1.807) is 6.92 Å². The summed E-state index contributed by atoms with van der Waals surface area (Å²) >= 11 is 0. The fourth-order valence-electron chi connectivity index (χ4n) is 3.01. The van der Waals surface area contributed by atoms with Crippen molar-refractivity contribution in [3.05, 3.63) is 48.0 Å². The molecule has 1 fully saturated rings. The van der Waals surface area contributed by atoms with Crippen LogP contribution in [0.5, 0.6) is 0 Å². The van der Waals surface area contributed by atoms with Gasteiger partial charge in [-0.1, -0.05) is 36.4 Å². The summed E-state index contributed by atoms with van der Waals surface area (Å²) < 4.78 is 0. The Morgan fingerprint density at radius 1 is 1.09 bits per heavy atom. The van der Waals surface area contributed by atoms with Crippen molar-refractivity contribution in [3.8, 4) is 0 Å². The highest BCUT2D eigenvalue weighted by atomic mass is 16.2. The van der Waals surface area contributed by atoms with Crippen molar-refractivity contribution in [2.75, 3.05) is 13.1 Å². The molecule has 1 atom stereocenters. The van der Waals surface area contributed by atoms with Crippen LogP contribution in [0.2, 0.25) is 0 Å². The second-order valence-electron chi connectivity index (χ2n) is 6.07. The molecule has 3 N–H and O–H groups in total. The van der Waals surface area contributed by atoms with Crippen LogP contribution in [0.15, 0.2) is 42.5 Å². The van der Waals surface area contributed by atoms with Gasteiger partial charge in [0.25, 0.3) is 5.91 Å². The Labute approximate surface area is 135 Å². The first-order chi connectivity index (χ1) is 11.1. The van der Waals surface area contributed by atoms with Gasteiger partial charge in [-0.05, 0) is 48.7 Å². The number of benzene rings is 2. The van der Waals surface area contributed by atoms with Crippen LogP contribution in [0.3, 0.4) is 0 Å². The molecule has 5 nitrogen and oxygen atoms in total. The van der Waals surface area contributed by atoms with E-state index in [1.807, 2.05) is 42.5 Å². The highest BCUT2D eigenvalue weighted by Crippen LogP contribution is 2.31. The number of hydrogen-bond acceptors (Lipinski definition) is 3. The molecule has 2 aromatic carbocycles. The van der Waals surface area contributed by atoms with E-state index in [0.717, 1.165) is 29.2 Å². The van der Waals surface area contributed by atoms with Crippen LogP contribution in [-0.2, 0) is 10.3 Å². The molecule has 0 radical (unpaired) electrons. The summed E-state index contributed by atoms with van der Waals surface area (Å²) in [4.78, 5) is 26.3. The predicted octanol–water partition coefficient (Wildman–Crippen LogP) is 2.35. The highest BCUT2D eigenvalue weighted by Gasteiger charge is 2.48. The number of urea groups is 1. The molecule has 120 valence electrons. The number of carbonyl (C=O) groups excluding carboxylic acids is 2. The highest BCUT2D eigenvalue weighted by molar-refractivity contribution is 6.07. The Bertz CT molecular complexity index is 759. The first-order valence-corrected chi connectivity index (χ1v) is 7.90. The van der Waals surface area contributed by atoms with Gasteiger partial charge in [0.15, 0.2) is 0 Å². The molecular weight excluding hydrogens is 290 g/mol. The lowest BCUT2D eigenvalue weighted by atomic mass is 9.90. The number of imide groups is 1. The molecule has 5 heteroatoms. The molecule has 0 aromatic heterocycles. The minimum absolute atomic E-state index is 0.199. The lowest BCUT2D eigenvalue weighted by Gasteiger charge is -2.22. The average Bonchev–Trinajstić information content (AvgIpc) is 2.78. The van der Waals surface area contributed by atoms with Gasteiger partial charge < -0.3 is 11.1 Å². The number of fused-ring (bicyclic) bond motifs is 1. The fourth-order valence-corrected chi connectivity index (χ4v) is 3.01. The van der Waals surface area contributed by atoms with Crippen LogP contribution in [0, 0.1) is 0 Å². The predicted molar refractivity (Wildman–Crippen MR) is 89.8 cm³/mol. The van der Waals surface area contributed by atoms with E-state index in [4.69, 9.17) is 5.73 Å². The molecule has 3 rings (SSSR count). The van der Waals surface area contributed by atoms with Crippen LogP contribution in [0.25, 0.3) is 10.8 Å². The van der Waals surface area contributed by atoms with Crippen molar-refractivity contribution in [3.63, 3.8) is 0 Å². The largest absolute Gasteiger partial charge is 0.330 e. The van der Waals surface area contributed by atoms with Crippen molar-refractivity contribution >= 4 is 22.7 Å². The minimum atomic E-state index is -1.01. The molecular formula is C18H21N3O2. The van der Waals surface area contributed by atoms with Gasteiger partial charge in [0, 0.05) is 6.54 Å². The number of unbranched alkanes of at least 4 members (excludes halogenated alkanes) is 1. The monoisotopic (exact) mass is 311 g/mol. The van der Waals surface area contributed by atoms with Crippen LogP contribution < -0.4 is 11.1 Å². The van der Waals surface area contributed by atoms with Gasteiger partial charge >= 0.3 is 6.03 Å². The second-order valence-corrected chi connectivity index (χ2v) is 6.07. The summed E-state index contributed by atoms with van der Waals surface area (Å²) in [6.07, 6.45) is 1.52. The van der Waals surface area contributed by atoms with Crippen LogP contribution in [0.1, 0.15) is 25.3 Å². The molecule has 0 spiro atoms. The summed E-state index contributed by atoms with van der Waals surface area (Å²) in [5.41, 5.74) is 5.27. The maximum atomic E-state index is 12.8. The van der Waals surface area contributed by atoms with Crippen molar-refractivity contribution in [1.82, 2.24) is 10.2 Å². The molecule has 1 heterocycles. The molecule has 1 unspecified atom stereocenters. The van der Waals surface area contributed by atoms with Gasteiger partial charge in [0.1, 0.15) is 5.54 Å². The van der Waals surface area contributed by atoms with E-state index in [1.165, 1.54) is 4.90 Å². The number of nitrogens with one attached hydrogen (secondary N) is 1. The van der Waals surface area contributed by atoms with Gasteiger partial charge in [-0.25, -0.2) is 4.79 Å². The molecule has 1 saturated heterocycles. The van der Waals surface area contributed by atoms with Crippen molar-refractivity contribution < 1.29 is 9.59 Å². The summed E-state index contributed by atoms with van der Waals surface area (Å²) in [6, 6.07) is 13.5. The van der Waals surface area contributed by atoms with E-state index < -0.39 is 5.54 Å². The third kappa shape index (κ3) is 2.68. The number of nitrogens with two attached hydrogens (primary N) is 1. The topological polar surface area (TPSA) is 75.4 Å². The molecule has 1 aliphatic rings. The Morgan fingerprint density at radius 2 is 1.83 bits per heavy atom. The van der Waals surface area contributed by atoms with E-state index in [0.29, 0.717) is 13.1 Å². The summed E-state index contributed by atoms with van der Waals surface area (Å²) in [5, 5.41) is 5.00. The molecule has 23 heavy (non-hydrogen) atoms. The van der Waals surface area contributed by atoms with E-state index in [2.05, 4.69) is 5.32 Å². The zero-order chi connectivity index (χ0) is 16.4. The SMILES string of the molecule is CC1(c2ccc3ccccc3c2)NC(=O)N(CCCCN)C1=O. The third-order valence-corrected chi connectivity index (χ3v) is 4.44. The quantitative estimate of drug-likeness (QED) is 0.657. The smallest absolute Gasteiger partial charge is 0.325 e. The number of carbonyl (C=O) groups is 2. The van der Waals surface area contributed by atoms with E-state index in [-0.39, 0.29) is 11.9 Å². The standard InChI is InChI=1S/C18H21N3O2/c1-18(15-9-8-13-6-2-3-7-14(13)12-15)16(22)21(17(23)20-18)11-5-4-10-19/h2-3,6-9,12H,4-5,10-11,19H2,1H3,(H,20,23). The molecule has 1 aliphatic heterocycles. The van der Waals surface area contributed by atoms with Gasteiger partial charge in [-0.3, -0.25) is 9.69 Å². The van der Waals surface area contributed by atoms with Gasteiger partial charge in [-0.2, -0.15) is 0 Å².